The van der Waals surface area contributed by atoms with Crippen LogP contribution in [-0.2, 0) is 5.41 Å². The smallest absolute Gasteiger partial charge is 0.0626 e. The van der Waals surface area contributed by atoms with Crippen LogP contribution in [0.25, 0.3) is 70.8 Å². The molecule has 0 fully saturated rings. The molecule has 292 valence electrons. The van der Waals surface area contributed by atoms with Crippen molar-refractivity contribution >= 4 is 93.8 Å². The molecule has 2 heterocycles. The average molecular weight is 792 g/mol. The van der Waals surface area contributed by atoms with E-state index in [4.69, 9.17) is 0 Å². The van der Waals surface area contributed by atoms with Crippen molar-refractivity contribution in [2.75, 3.05) is 9.80 Å². The fourth-order valence-corrected chi connectivity index (χ4v) is 10.7. The summed E-state index contributed by atoms with van der Waals surface area (Å²) in [7, 11) is 0. The Morgan fingerprint density at radius 2 is 0.806 bits per heavy atom. The topological polar surface area (TPSA) is 10.9 Å². The zero-order valence-electron chi connectivity index (χ0n) is 34.5. The van der Waals surface area contributed by atoms with Crippen molar-refractivity contribution in [3.05, 3.63) is 223 Å². The minimum atomic E-state index is -0.153. The first-order valence-corrected chi connectivity index (χ1v) is 21.6. The van der Waals surface area contributed by atoms with Crippen molar-refractivity contribution in [2.45, 2.75) is 19.3 Å². The summed E-state index contributed by atoms with van der Waals surface area (Å²) in [4.78, 5) is 4.71. The summed E-state index contributed by atoms with van der Waals surface area (Å²) in [5.41, 5.74) is 16.0. The lowest BCUT2D eigenvalue weighted by Gasteiger charge is -2.25. The number of rotatable bonds is 6. The minimum Gasteiger partial charge on any atom is -0.310 e. The first kappa shape index (κ1) is 34.9. The molecule has 3 heteroatoms. The Labute approximate surface area is 360 Å². The van der Waals surface area contributed by atoms with Crippen LogP contribution in [0.3, 0.4) is 0 Å². The van der Waals surface area contributed by atoms with Gasteiger partial charge in [0.2, 0.25) is 0 Å². The molecule has 2 aromatic heterocycles. The van der Waals surface area contributed by atoms with Crippen LogP contribution in [0.5, 0.6) is 0 Å². The van der Waals surface area contributed by atoms with Gasteiger partial charge in [-0.1, -0.05) is 123 Å². The Balaban J connectivity index is 1.09. The molecule has 0 bridgehead atoms. The molecule has 10 aromatic carbocycles. The lowest BCUT2D eigenvalue weighted by atomic mass is 9.81. The monoisotopic (exact) mass is 791 g/mol. The predicted octanol–water partition coefficient (Wildman–Crippen LogP) is 16.4. The Morgan fingerprint density at radius 3 is 1.32 bits per heavy atom. The van der Waals surface area contributed by atoms with E-state index in [9.17, 15) is 0 Å². The second-order valence-corrected chi connectivity index (χ2v) is 17.4. The number of nitrogens with zero attached hydrogens (tertiary/aromatic N) is 3. The second kappa shape index (κ2) is 13.1. The summed E-state index contributed by atoms with van der Waals surface area (Å²) in [6.45, 7) is 4.81. The van der Waals surface area contributed by atoms with E-state index in [0.29, 0.717) is 0 Å². The van der Waals surface area contributed by atoms with Gasteiger partial charge in [-0.3, -0.25) is 0 Å². The highest BCUT2D eigenvalue weighted by Gasteiger charge is 2.38. The maximum atomic E-state index is 2.57. The molecule has 0 atom stereocenters. The maximum absolute atomic E-state index is 2.57. The molecule has 0 unspecified atom stereocenters. The third-order valence-electron chi connectivity index (χ3n) is 13.6. The van der Waals surface area contributed by atoms with E-state index in [2.05, 4.69) is 240 Å². The largest absolute Gasteiger partial charge is 0.310 e. The van der Waals surface area contributed by atoms with Crippen LogP contribution in [0.4, 0.5) is 34.1 Å². The van der Waals surface area contributed by atoms with E-state index in [0.717, 1.165) is 34.1 Å². The van der Waals surface area contributed by atoms with Gasteiger partial charge in [-0.15, -0.1) is 0 Å². The summed E-state index contributed by atoms with van der Waals surface area (Å²) in [6.07, 6.45) is 0. The van der Waals surface area contributed by atoms with Gasteiger partial charge in [0.15, 0.2) is 0 Å². The summed E-state index contributed by atoms with van der Waals surface area (Å²) in [5, 5.41) is 10.1. The Kier molecular flexibility index (Phi) is 7.36. The normalized spacial score (nSPS) is 13.1. The predicted molar refractivity (Wildman–Crippen MR) is 263 cm³/mol. The fraction of sp³-hybridized carbons (Fsp3) is 0.0508. The molecule has 1 aliphatic carbocycles. The molecule has 13 rings (SSSR count). The molecule has 0 amide bonds. The zero-order valence-corrected chi connectivity index (χ0v) is 34.5. The van der Waals surface area contributed by atoms with E-state index in [-0.39, 0.29) is 5.41 Å². The number of anilines is 6. The first-order chi connectivity index (χ1) is 30.5. The molecule has 0 N–H and O–H groups in total. The SMILES string of the molecule is CC1(C)c2ccccc2-c2c1cc1c3cc4cc(N(c5ccccc5)c5ccccc5)ccc4cc3n3c4cc5ccc(N(c6ccccc6)c6ccccc6)cc5cc4c2c13. The van der Waals surface area contributed by atoms with Gasteiger partial charge in [0.05, 0.1) is 16.6 Å². The van der Waals surface area contributed by atoms with E-state index in [1.54, 1.807) is 0 Å². The van der Waals surface area contributed by atoms with Gasteiger partial charge in [0.1, 0.15) is 0 Å². The van der Waals surface area contributed by atoms with Gasteiger partial charge in [-0.25, -0.2) is 0 Å². The number of hydrogen-bond acceptors (Lipinski definition) is 2. The highest BCUT2D eigenvalue weighted by atomic mass is 15.1. The van der Waals surface area contributed by atoms with Crippen LogP contribution in [0, 0.1) is 0 Å². The van der Waals surface area contributed by atoms with Crippen molar-refractivity contribution < 1.29 is 0 Å². The van der Waals surface area contributed by atoms with Crippen LogP contribution in [-0.4, -0.2) is 4.40 Å². The highest BCUT2D eigenvalue weighted by Crippen LogP contribution is 2.56. The molecule has 3 nitrogen and oxygen atoms in total. The summed E-state index contributed by atoms with van der Waals surface area (Å²) < 4.78 is 2.57. The zero-order chi connectivity index (χ0) is 41.1. The molecule has 0 saturated heterocycles. The van der Waals surface area contributed by atoms with Crippen molar-refractivity contribution in [2.24, 2.45) is 0 Å². The van der Waals surface area contributed by atoms with Gasteiger partial charge in [0.25, 0.3) is 0 Å². The van der Waals surface area contributed by atoms with Crippen LogP contribution >= 0.6 is 0 Å². The molecule has 0 saturated carbocycles. The minimum absolute atomic E-state index is 0.153. The quantitative estimate of drug-likeness (QED) is 0.166. The standard InChI is InChI=1S/C59H41N3/c1-59(2)52-26-16-15-25-48(52)56-53(59)37-50-49-33-40-31-46(60(42-17-7-3-8-18-42)43-19-9-4-10-20-43)29-27-38(40)35-54(49)62-55-36-39-28-30-47(32-41(39)34-51(55)57(56)58(50)62)61(44-21-11-5-12-22-44)45-23-13-6-14-24-45/h3-37H,1-2H3. The van der Waals surface area contributed by atoms with E-state index in [1.165, 1.54) is 81.9 Å². The van der Waals surface area contributed by atoms with E-state index in [1.807, 2.05) is 0 Å². The summed E-state index contributed by atoms with van der Waals surface area (Å²) >= 11 is 0. The molecule has 0 aliphatic heterocycles. The molecular formula is C59H41N3. The van der Waals surface area contributed by atoms with E-state index < -0.39 is 0 Å². The van der Waals surface area contributed by atoms with Crippen LogP contribution in [0.1, 0.15) is 25.0 Å². The molecule has 62 heavy (non-hydrogen) atoms. The maximum Gasteiger partial charge on any atom is 0.0626 e. The third-order valence-corrected chi connectivity index (χ3v) is 13.6. The van der Waals surface area contributed by atoms with Crippen molar-refractivity contribution in [1.82, 2.24) is 4.40 Å². The summed E-state index contributed by atoms with van der Waals surface area (Å²) in [6, 6.07) is 78.1. The van der Waals surface area contributed by atoms with Crippen LogP contribution in [0.2, 0.25) is 0 Å². The Bertz CT molecular complexity index is 3620. The van der Waals surface area contributed by atoms with Gasteiger partial charge in [0, 0.05) is 61.1 Å². The van der Waals surface area contributed by atoms with Crippen molar-refractivity contribution in [1.29, 1.82) is 0 Å². The Hall–Kier alpha value is -7.88. The van der Waals surface area contributed by atoms with Gasteiger partial charge >= 0.3 is 0 Å². The Morgan fingerprint density at radius 1 is 0.355 bits per heavy atom. The summed E-state index contributed by atoms with van der Waals surface area (Å²) in [5.74, 6) is 0. The molecule has 1 aliphatic rings. The van der Waals surface area contributed by atoms with E-state index >= 15 is 0 Å². The highest BCUT2D eigenvalue weighted by molar-refractivity contribution is 6.30. The van der Waals surface area contributed by atoms with Crippen LogP contribution in [0.15, 0.2) is 212 Å². The molecule has 12 aromatic rings. The lowest BCUT2D eigenvalue weighted by Crippen LogP contribution is -2.14. The lowest BCUT2D eigenvalue weighted by molar-refractivity contribution is 0.661. The van der Waals surface area contributed by atoms with Crippen LogP contribution < -0.4 is 9.80 Å². The molecule has 0 spiro atoms. The van der Waals surface area contributed by atoms with Crippen molar-refractivity contribution in [3.8, 4) is 11.1 Å². The second-order valence-electron chi connectivity index (χ2n) is 17.4. The first-order valence-electron chi connectivity index (χ1n) is 21.6. The fourth-order valence-electron chi connectivity index (χ4n) is 10.7. The number of hydrogen-bond donors (Lipinski definition) is 0. The number of para-hydroxylation sites is 4. The van der Waals surface area contributed by atoms with Crippen molar-refractivity contribution in [3.63, 3.8) is 0 Å². The number of fused-ring (bicyclic) bond motifs is 12. The number of benzene rings is 10. The third kappa shape index (κ3) is 5.00. The van der Waals surface area contributed by atoms with Gasteiger partial charge in [-0.2, -0.15) is 0 Å². The average Bonchev–Trinajstić information content (AvgIpc) is 3.90. The number of aromatic nitrogens is 1. The molecule has 0 radical (unpaired) electrons. The van der Waals surface area contributed by atoms with Gasteiger partial charge in [-0.05, 0) is 147 Å². The molecular weight excluding hydrogens is 751 g/mol. The van der Waals surface area contributed by atoms with Gasteiger partial charge < -0.3 is 14.2 Å².